The maximum atomic E-state index is 5.74. The van der Waals surface area contributed by atoms with Crippen LogP contribution in [0.1, 0.15) is 32.9 Å². The first-order valence-electron chi connectivity index (χ1n) is 6.33. The Hall–Kier alpha value is -1.03. The molecule has 2 rings (SSSR count). The highest BCUT2D eigenvalue weighted by atomic mass is 16.5. The van der Waals surface area contributed by atoms with Crippen LogP contribution in [0, 0.1) is 12.3 Å². The molecule has 1 fully saturated rings. The van der Waals surface area contributed by atoms with E-state index >= 15 is 0 Å². The van der Waals surface area contributed by atoms with E-state index < -0.39 is 0 Å². The first-order valence-corrected chi connectivity index (χ1v) is 6.33. The maximum absolute atomic E-state index is 5.74. The Morgan fingerprint density at radius 1 is 1.59 bits per heavy atom. The summed E-state index contributed by atoms with van der Waals surface area (Å²) in [5.74, 6) is 0. The number of rotatable bonds is 4. The SMILES string of the molecule is CCOC1CC(Nc2cn(C)nc2C)C1(C)C. The van der Waals surface area contributed by atoms with Gasteiger partial charge in [-0.1, -0.05) is 13.8 Å². The van der Waals surface area contributed by atoms with Gasteiger partial charge in [0.05, 0.1) is 17.5 Å². The van der Waals surface area contributed by atoms with Crippen molar-refractivity contribution >= 4 is 5.69 Å². The van der Waals surface area contributed by atoms with Gasteiger partial charge < -0.3 is 10.1 Å². The van der Waals surface area contributed by atoms with E-state index in [9.17, 15) is 0 Å². The van der Waals surface area contributed by atoms with E-state index in [1.165, 1.54) is 0 Å². The Bertz CT molecular complexity index is 397. The summed E-state index contributed by atoms with van der Waals surface area (Å²) in [6.45, 7) is 9.42. The van der Waals surface area contributed by atoms with Crippen LogP contribution >= 0.6 is 0 Å². The van der Waals surface area contributed by atoms with Crippen molar-refractivity contribution in [3.63, 3.8) is 0 Å². The second-order valence-corrected chi connectivity index (χ2v) is 5.50. The molecule has 1 aromatic heterocycles. The van der Waals surface area contributed by atoms with Gasteiger partial charge in [0.1, 0.15) is 0 Å². The molecule has 1 aromatic rings. The minimum Gasteiger partial charge on any atom is -0.379 e. The lowest BCUT2D eigenvalue weighted by molar-refractivity contribution is -0.0976. The monoisotopic (exact) mass is 237 g/mol. The number of aromatic nitrogens is 2. The number of anilines is 1. The maximum Gasteiger partial charge on any atom is 0.0825 e. The zero-order valence-corrected chi connectivity index (χ0v) is 11.4. The fourth-order valence-electron chi connectivity index (χ4n) is 2.54. The molecule has 1 aliphatic carbocycles. The van der Waals surface area contributed by atoms with E-state index in [2.05, 4.69) is 31.2 Å². The summed E-state index contributed by atoms with van der Waals surface area (Å²) in [5, 5.41) is 7.93. The zero-order chi connectivity index (χ0) is 12.6. The molecule has 0 bridgehead atoms. The van der Waals surface area contributed by atoms with Gasteiger partial charge in [-0.3, -0.25) is 4.68 Å². The molecule has 0 aliphatic heterocycles. The van der Waals surface area contributed by atoms with Gasteiger partial charge in [0.2, 0.25) is 0 Å². The molecule has 4 nitrogen and oxygen atoms in total. The van der Waals surface area contributed by atoms with Crippen LogP contribution in [-0.4, -0.2) is 28.5 Å². The molecule has 2 atom stereocenters. The fraction of sp³-hybridized carbons (Fsp3) is 0.769. The average Bonchev–Trinajstić information content (AvgIpc) is 2.56. The molecule has 1 heterocycles. The van der Waals surface area contributed by atoms with Crippen LogP contribution in [0.25, 0.3) is 0 Å². The molecule has 4 heteroatoms. The lowest BCUT2D eigenvalue weighted by atomic mass is 9.64. The minimum atomic E-state index is 0.193. The van der Waals surface area contributed by atoms with Crippen molar-refractivity contribution in [1.29, 1.82) is 0 Å². The highest BCUT2D eigenvalue weighted by molar-refractivity contribution is 5.47. The summed E-state index contributed by atoms with van der Waals surface area (Å²) in [4.78, 5) is 0. The lowest BCUT2D eigenvalue weighted by Crippen LogP contribution is -2.58. The van der Waals surface area contributed by atoms with Gasteiger partial charge in [-0.25, -0.2) is 0 Å². The van der Waals surface area contributed by atoms with E-state index in [-0.39, 0.29) is 5.41 Å². The number of aryl methyl sites for hydroxylation is 2. The molecule has 0 radical (unpaired) electrons. The van der Waals surface area contributed by atoms with Crippen molar-refractivity contribution in [1.82, 2.24) is 9.78 Å². The number of hydrogen-bond donors (Lipinski definition) is 1. The van der Waals surface area contributed by atoms with Crippen LogP contribution in [0.5, 0.6) is 0 Å². The van der Waals surface area contributed by atoms with Gasteiger partial charge in [-0.15, -0.1) is 0 Å². The van der Waals surface area contributed by atoms with Crippen molar-refractivity contribution in [3.05, 3.63) is 11.9 Å². The van der Waals surface area contributed by atoms with Crippen LogP contribution < -0.4 is 5.32 Å². The van der Waals surface area contributed by atoms with Gasteiger partial charge in [0, 0.05) is 31.3 Å². The molecule has 0 saturated heterocycles. The van der Waals surface area contributed by atoms with Crippen molar-refractivity contribution in [2.45, 2.75) is 46.3 Å². The van der Waals surface area contributed by atoms with Crippen LogP contribution in [-0.2, 0) is 11.8 Å². The van der Waals surface area contributed by atoms with Gasteiger partial charge in [0.25, 0.3) is 0 Å². The van der Waals surface area contributed by atoms with E-state index in [4.69, 9.17) is 4.74 Å². The van der Waals surface area contributed by atoms with Gasteiger partial charge in [0.15, 0.2) is 0 Å². The normalized spacial score (nSPS) is 26.6. The Balaban J connectivity index is 2.00. The Morgan fingerprint density at radius 3 is 2.76 bits per heavy atom. The largest absolute Gasteiger partial charge is 0.379 e. The first kappa shape index (κ1) is 12.4. The summed E-state index contributed by atoms with van der Waals surface area (Å²) < 4.78 is 7.59. The highest BCUT2D eigenvalue weighted by Gasteiger charge is 2.49. The molecule has 1 saturated carbocycles. The molecular formula is C13H23N3O. The smallest absolute Gasteiger partial charge is 0.0825 e. The fourth-order valence-corrected chi connectivity index (χ4v) is 2.54. The Labute approximate surface area is 103 Å². The van der Waals surface area contributed by atoms with E-state index in [1.54, 1.807) is 0 Å². The minimum absolute atomic E-state index is 0.193. The van der Waals surface area contributed by atoms with E-state index in [1.807, 2.05) is 24.9 Å². The van der Waals surface area contributed by atoms with E-state index in [0.717, 1.165) is 24.4 Å². The first-order chi connectivity index (χ1) is 7.95. The summed E-state index contributed by atoms with van der Waals surface area (Å²) in [6, 6.07) is 0.474. The molecule has 1 aliphatic rings. The van der Waals surface area contributed by atoms with Crippen molar-refractivity contribution in [3.8, 4) is 0 Å². The highest BCUT2D eigenvalue weighted by Crippen LogP contribution is 2.44. The molecule has 2 unspecified atom stereocenters. The Kier molecular flexibility index (Phi) is 3.17. The van der Waals surface area contributed by atoms with E-state index in [0.29, 0.717) is 12.1 Å². The zero-order valence-electron chi connectivity index (χ0n) is 11.4. The van der Waals surface area contributed by atoms with Crippen LogP contribution in [0.3, 0.4) is 0 Å². The predicted molar refractivity (Wildman–Crippen MR) is 69.2 cm³/mol. The van der Waals surface area contributed by atoms with Crippen molar-refractivity contribution in [2.75, 3.05) is 11.9 Å². The topological polar surface area (TPSA) is 39.1 Å². The third-order valence-electron chi connectivity index (χ3n) is 3.89. The number of hydrogen-bond acceptors (Lipinski definition) is 3. The summed E-state index contributed by atoms with van der Waals surface area (Å²) in [6.07, 6.45) is 3.50. The third-order valence-corrected chi connectivity index (χ3v) is 3.89. The second-order valence-electron chi connectivity index (χ2n) is 5.50. The summed E-state index contributed by atoms with van der Waals surface area (Å²) in [5.41, 5.74) is 2.39. The van der Waals surface area contributed by atoms with Gasteiger partial charge in [-0.05, 0) is 20.3 Å². The Morgan fingerprint density at radius 2 is 2.29 bits per heavy atom. The second kappa shape index (κ2) is 4.33. The quantitative estimate of drug-likeness (QED) is 0.873. The number of nitrogens with zero attached hydrogens (tertiary/aromatic N) is 2. The summed E-state index contributed by atoms with van der Waals surface area (Å²) >= 11 is 0. The van der Waals surface area contributed by atoms with Crippen LogP contribution in [0.15, 0.2) is 6.20 Å². The van der Waals surface area contributed by atoms with Crippen LogP contribution in [0.4, 0.5) is 5.69 Å². The molecule has 17 heavy (non-hydrogen) atoms. The van der Waals surface area contributed by atoms with Crippen molar-refractivity contribution in [2.24, 2.45) is 12.5 Å². The van der Waals surface area contributed by atoms with Gasteiger partial charge >= 0.3 is 0 Å². The molecular weight excluding hydrogens is 214 g/mol. The molecule has 0 spiro atoms. The van der Waals surface area contributed by atoms with Crippen molar-refractivity contribution < 1.29 is 4.74 Å². The molecule has 0 aromatic carbocycles. The molecule has 96 valence electrons. The molecule has 0 amide bonds. The summed E-state index contributed by atoms with van der Waals surface area (Å²) in [7, 11) is 1.95. The standard InChI is InChI=1S/C13H23N3O/c1-6-17-12-7-11(13(12,3)4)14-10-8-16(5)15-9(10)2/h8,11-12,14H,6-7H2,1-5H3. The lowest BCUT2D eigenvalue weighted by Gasteiger charge is -2.52. The number of ether oxygens (including phenoxy) is 1. The number of nitrogens with one attached hydrogen (secondary N) is 1. The third kappa shape index (κ3) is 2.18. The van der Waals surface area contributed by atoms with Crippen LogP contribution in [0.2, 0.25) is 0 Å². The average molecular weight is 237 g/mol. The molecule has 1 N–H and O–H groups in total. The predicted octanol–water partition coefficient (Wildman–Crippen LogP) is 2.34. The van der Waals surface area contributed by atoms with Gasteiger partial charge in [-0.2, -0.15) is 5.10 Å².